The average molecular weight is 327 g/mol. The molecule has 0 aromatic rings. The van der Waals surface area contributed by atoms with Gasteiger partial charge in [-0.25, -0.2) is 4.79 Å². The molecule has 0 rings (SSSR count). The lowest BCUT2D eigenvalue weighted by Crippen LogP contribution is -2.30. The Kier molecular flexibility index (Phi) is 12.0. The van der Waals surface area contributed by atoms with Gasteiger partial charge >= 0.3 is 18.0 Å². The predicted molar refractivity (Wildman–Crippen MR) is 84.7 cm³/mol. The summed E-state index contributed by atoms with van der Waals surface area (Å²) < 4.78 is 14.9. The van der Waals surface area contributed by atoms with Gasteiger partial charge in [0.05, 0.1) is 13.2 Å². The van der Waals surface area contributed by atoms with Crippen LogP contribution in [-0.2, 0) is 23.8 Å². The average Bonchev–Trinajstić information content (AvgIpc) is 2.45. The van der Waals surface area contributed by atoms with Gasteiger partial charge in [-0.05, 0) is 6.42 Å². The molecule has 1 N–H and O–H groups in total. The number of allylic oxidation sites excluding steroid dienone is 2. The lowest BCUT2D eigenvalue weighted by molar-refractivity contribution is -0.148. The van der Waals surface area contributed by atoms with E-state index in [2.05, 4.69) is 11.9 Å². The highest BCUT2D eigenvalue weighted by Gasteiger charge is 2.13. The van der Waals surface area contributed by atoms with Crippen LogP contribution in [-0.4, -0.2) is 43.9 Å². The molecule has 0 aromatic heterocycles. The molecule has 0 saturated carbocycles. The molecule has 0 unspecified atom stereocenters. The molecule has 1 amide bonds. The molecule has 0 heterocycles. The van der Waals surface area contributed by atoms with Gasteiger partial charge in [-0.1, -0.05) is 24.8 Å². The van der Waals surface area contributed by atoms with Crippen molar-refractivity contribution in [2.24, 2.45) is 0 Å². The van der Waals surface area contributed by atoms with Crippen molar-refractivity contribution in [3.05, 3.63) is 24.8 Å². The molecule has 1 atom stereocenters. The Balaban J connectivity index is 3.92. The number of hydrogen-bond acceptors (Lipinski definition) is 6. The molecular weight excluding hydrogens is 302 g/mol. The van der Waals surface area contributed by atoms with E-state index in [1.165, 1.54) is 13.8 Å². The first-order chi connectivity index (χ1) is 11.0. The molecular formula is C16H25NO6. The van der Waals surface area contributed by atoms with Gasteiger partial charge in [0.1, 0.15) is 6.10 Å². The quantitative estimate of drug-likeness (QED) is 0.270. The smallest absolute Gasteiger partial charge is 0.407 e. The zero-order valence-electron chi connectivity index (χ0n) is 13.7. The monoisotopic (exact) mass is 327 g/mol. The fourth-order valence-corrected chi connectivity index (χ4v) is 1.63. The van der Waals surface area contributed by atoms with Crippen LogP contribution in [0.2, 0.25) is 0 Å². The van der Waals surface area contributed by atoms with Crippen molar-refractivity contribution in [2.45, 2.75) is 39.2 Å². The third-order valence-electron chi connectivity index (χ3n) is 2.60. The summed E-state index contributed by atoms with van der Waals surface area (Å²) >= 11 is 0. The summed E-state index contributed by atoms with van der Waals surface area (Å²) in [5, 5.41) is 2.57. The Morgan fingerprint density at radius 1 is 1.09 bits per heavy atom. The summed E-state index contributed by atoms with van der Waals surface area (Å²) in [5.74, 6) is -0.812. The Hall–Kier alpha value is -2.31. The number of hydrogen-bond donors (Lipinski definition) is 1. The molecule has 0 saturated heterocycles. The SMILES string of the molecule is C=C/C=C/CCOC(=O)NCC[C@H](CCOC(C)=O)OC(C)=O. The number of esters is 2. The van der Waals surface area contributed by atoms with E-state index in [-0.39, 0.29) is 13.2 Å². The maximum Gasteiger partial charge on any atom is 0.407 e. The second-order valence-corrected chi connectivity index (χ2v) is 4.66. The van der Waals surface area contributed by atoms with Crippen molar-refractivity contribution in [1.29, 1.82) is 0 Å². The van der Waals surface area contributed by atoms with Crippen molar-refractivity contribution in [2.75, 3.05) is 19.8 Å². The van der Waals surface area contributed by atoms with Gasteiger partial charge in [0.25, 0.3) is 0 Å². The minimum Gasteiger partial charge on any atom is -0.466 e. The van der Waals surface area contributed by atoms with Crippen molar-refractivity contribution in [3.8, 4) is 0 Å². The predicted octanol–water partition coefficient (Wildman–Crippen LogP) is 2.12. The number of nitrogens with one attached hydrogen (secondary N) is 1. The molecule has 0 fully saturated rings. The molecule has 0 aliphatic rings. The van der Waals surface area contributed by atoms with Crippen LogP contribution >= 0.6 is 0 Å². The van der Waals surface area contributed by atoms with Crippen molar-refractivity contribution >= 4 is 18.0 Å². The molecule has 0 aliphatic carbocycles. The fourth-order valence-electron chi connectivity index (χ4n) is 1.63. The summed E-state index contributed by atoms with van der Waals surface area (Å²) in [5.41, 5.74) is 0. The maximum absolute atomic E-state index is 11.4. The van der Waals surface area contributed by atoms with E-state index >= 15 is 0 Å². The van der Waals surface area contributed by atoms with Gasteiger partial charge in [-0.2, -0.15) is 0 Å². The van der Waals surface area contributed by atoms with Crippen molar-refractivity contribution in [3.63, 3.8) is 0 Å². The minimum atomic E-state index is -0.529. The first kappa shape index (κ1) is 20.7. The van der Waals surface area contributed by atoms with Crippen LogP contribution in [0.5, 0.6) is 0 Å². The van der Waals surface area contributed by atoms with E-state index in [9.17, 15) is 14.4 Å². The number of carbonyl (C=O) groups excluding carboxylic acids is 3. The first-order valence-electron chi connectivity index (χ1n) is 7.44. The maximum atomic E-state index is 11.4. The van der Waals surface area contributed by atoms with E-state index in [1.54, 1.807) is 12.2 Å². The summed E-state index contributed by atoms with van der Waals surface area (Å²) in [6, 6.07) is 0. The Morgan fingerprint density at radius 2 is 1.83 bits per heavy atom. The number of carbonyl (C=O) groups is 3. The molecule has 23 heavy (non-hydrogen) atoms. The Labute approximate surface area is 136 Å². The van der Waals surface area contributed by atoms with E-state index in [1.807, 2.05) is 6.08 Å². The van der Waals surface area contributed by atoms with E-state index in [4.69, 9.17) is 14.2 Å². The van der Waals surface area contributed by atoms with Crippen molar-refractivity contribution < 1.29 is 28.6 Å². The molecule has 7 nitrogen and oxygen atoms in total. The van der Waals surface area contributed by atoms with Crippen LogP contribution < -0.4 is 5.32 Å². The van der Waals surface area contributed by atoms with Crippen LogP contribution in [0.15, 0.2) is 24.8 Å². The number of alkyl carbamates (subject to hydrolysis) is 1. The van der Waals surface area contributed by atoms with Crippen LogP contribution in [0.4, 0.5) is 4.79 Å². The largest absolute Gasteiger partial charge is 0.466 e. The zero-order valence-corrected chi connectivity index (χ0v) is 13.7. The topological polar surface area (TPSA) is 90.9 Å². The highest BCUT2D eigenvalue weighted by Crippen LogP contribution is 2.05. The third kappa shape index (κ3) is 14.4. The second kappa shape index (κ2) is 13.4. The van der Waals surface area contributed by atoms with Crippen LogP contribution in [0.25, 0.3) is 0 Å². The van der Waals surface area contributed by atoms with Crippen molar-refractivity contribution in [1.82, 2.24) is 5.32 Å². The standard InChI is InChI=1S/C16H25NO6/c1-4-5-6-7-11-22-16(20)17-10-8-15(23-14(3)19)9-12-21-13(2)18/h4-6,15H,1,7-12H2,2-3H3,(H,17,20)/b6-5+/t15-/m1/s1. The number of amides is 1. The second-order valence-electron chi connectivity index (χ2n) is 4.66. The molecule has 0 aromatic carbocycles. The molecule has 130 valence electrons. The summed E-state index contributed by atoms with van der Waals surface area (Å²) in [7, 11) is 0. The summed E-state index contributed by atoms with van der Waals surface area (Å²) in [6.45, 7) is 6.87. The highest BCUT2D eigenvalue weighted by atomic mass is 16.6. The number of ether oxygens (including phenoxy) is 3. The van der Waals surface area contributed by atoms with Gasteiger partial charge < -0.3 is 19.5 Å². The van der Waals surface area contributed by atoms with Crippen LogP contribution in [0, 0.1) is 0 Å². The summed E-state index contributed by atoms with van der Waals surface area (Å²) in [4.78, 5) is 33.2. The van der Waals surface area contributed by atoms with E-state index < -0.39 is 24.1 Å². The lowest BCUT2D eigenvalue weighted by atomic mass is 10.2. The van der Waals surface area contributed by atoms with Gasteiger partial charge in [0.2, 0.25) is 0 Å². The number of rotatable bonds is 11. The van der Waals surface area contributed by atoms with Crippen LogP contribution in [0.1, 0.15) is 33.1 Å². The zero-order chi connectivity index (χ0) is 17.5. The lowest BCUT2D eigenvalue weighted by Gasteiger charge is -2.17. The van der Waals surface area contributed by atoms with Gasteiger partial charge in [0, 0.05) is 33.2 Å². The third-order valence-corrected chi connectivity index (χ3v) is 2.60. The molecule has 0 radical (unpaired) electrons. The van der Waals surface area contributed by atoms with E-state index in [0.29, 0.717) is 25.8 Å². The normalized spacial score (nSPS) is 11.6. The Bertz CT molecular complexity index is 419. The van der Waals surface area contributed by atoms with Gasteiger partial charge in [-0.15, -0.1) is 0 Å². The Morgan fingerprint density at radius 3 is 2.43 bits per heavy atom. The molecule has 0 bridgehead atoms. The van der Waals surface area contributed by atoms with Crippen LogP contribution in [0.3, 0.4) is 0 Å². The van der Waals surface area contributed by atoms with E-state index in [0.717, 1.165) is 0 Å². The highest BCUT2D eigenvalue weighted by molar-refractivity contribution is 5.67. The molecule has 7 heteroatoms. The van der Waals surface area contributed by atoms with Gasteiger partial charge in [-0.3, -0.25) is 9.59 Å². The minimum absolute atomic E-state index is 0.160. The molecule has 0 aliphatic heterocycles. The fraction of sp³-hybridized carbons (Fsp3) is 0.562. The first-order valence-corrected chi connectivity index (χ1v) is 7.44. The molecule has 0 spiro atoms. The van der Waals surface area contributed by atoms with Gasteiger partial charge in [0.15, 0.2) is 0 Å². The summed E-state index contributed by atoms with van der Waals surface area (Å²) in [6.07, 6.45) is 5.69.